The highest BCUT2D eigenvalue weighted by Gasteiger charge is 2.22. The van der Waals surface area contributed by atoms with Gasteiger partial charge in [-0.1, -0.05) is 0 Å². The molecule has 0 radical (unpaired) electrons. The molecular formula is C17H20FN5O2. The number of amides is 1. The molecule has 0 saturated carbocycles. The van der Waals surface area contributed by atoms with Gasteiger partial charge in [0.2, 0.25) is 5.91 Å². The van der Waals surface area contributed by atoms with E-state index in [2.05, 4.69) is 20.1 Å². The second-order valence-electron chi connectivity index (χ2n) is 6.02. The number of piperazine rings is 1. The number of H-pyrrole nitrogens is 1. The molecule has 2 aromatic rings. The van der Waals surface area contributed by atoms with Crippen LogP contribution in [0.4, 0.5) is 4.39 Å². The lowest BCUT2D eigenvalue weighted by Gasteiger charge is -2.34. The van der Waals surface area contributed by atoms with Crippen molar-refractivity contribution >= 4 is 11.7 Å². The lowest BCUT2D eigenvalue weighted by Crippen LogP contribution is -2.48. The maximum atomic E-state index is 12.9. The van der Waals surface area contributed by atoms with Crippen LogP contribution in [0.2, 0.25) is 0 Å². The highest BCUT2D eigenvalue weighted by molar-refractivity contribution is 5.97. The molecule has 0 spiro atoms. The van der Waals surface area contributed by atoms with Crippen molar-refractivity contribution in [2.75, 3.05) is 26.2 Å². The maximum Gasteiger partial charge on any atom is 0.223 e. The molecule has 132 valence electrons. The Labute approximate surface area is 144 Å². The van der Waals surface area contributed by atoms with Crippen molar-refractivity contribution in [3.63, 3.8) is 0 Å². The first-order valence-electron chi connectivity index (χ1n) is 8.25. The van der Waals surface area contributed by atoms with E-state index >= 15 is 0 Å². The minimum atomic E-state index is -0.379. The van der Waals surface area contributed by atoms with Crippen LogP contribution in [0, 0.1) is 5.82 Å². The van der Waals surface area contributed by atoms with Crippen molar-refractivity contribution in [3.8, 4) is 0 Å². The Morgan fingerprint density at radius 3 is 2.44 bits per heavy atom. The van der Waals surface area contributed by atoms with Gasteiger partial charge in [0, 0.05) is 44.6 Å². The average Bonchev–Trinajstić information content (AvgIpc) is 3.13. The summed E-state index contributed by atoms with van der Waals surface area (Å²) >= 11 is 0. The third kappa shape index (κ3) is 4.69. The van der Waals surface area contributed by atoms with Crippen LogP contribution in [-0.2, 0) is 11.3 Å². The smallest absolute Gasteiger partial charge is 0.223 e. The van der Waals surface area contributed by atoms with E-state index in [1.165, 1.54) is 30.6 Å². The summed E-state index contributed by atoms with van der Waals surface area (Å²) in [4.78, 5) is 32.4. The molecule has 0 unspecified atom stereocenters. The number of benzene rings is 1. The van der Waals surface area contributed by atoms with Crippen LogP contribution in [0.15, 0.2) is 30.6 Å². The first-order chi connectivity index (χ1) is 12.1. The number of hydrogen-bond acceptors (Lipinski definition) is 5. The Morgan fingerprint density at radius 1 is 1.08 bits per heavy atom. The summed E-state index contributed by atoms with van der Waals surface area (Å²) in [6.45, 7) is 3.48. The van der Waals surface area contributed by atoms with E-state index < -0.39 is 0 Å². The van der Waals surface area contributed by atoms with E-state index in [1.54, 1.807) is 4.90 Å². The summed E-state index contributed by atoms with van der Waals surface area (Å²) in [6.07, 6.45) is 1.80. The zero-order valence-electron chi connectivity index (χ0n) is 13.8. The average molecular weight is 345 g/mol. The molecule has 1 aromatic carbocycles. The van der Waals surface area contributed by atoms with Crippen LogP contribution in [0.25, 0.3) is 0 Å². The zero-order valence-corrected chi connectivity index (χ0v) is 13.8. The lowest BCUT2D eigenvalue weighted by molar-refractivity contribution is -0.133. The first kappa shape index (κ1) is 17.2. The van der Waals surface area contributed by atoms with Gasteiger partial charge in [0.25, 0.3) is 0 Å². The van der Waals surface area contributed by atoms with Crippen LogP contribution in [0.1, 0.15) is 29.0 Å². The topological polar surface area (TPSA) is 82.2 Å². The van der Waals surface area contributed by atoms with Gasteiger partial charge in [0.05, 0.1) is 6.54 Å². The van der Waals surface area contributed by atoms with Gasteiger partial charge in [-0.15, -0.1) is 0 Å². The SMILES string of the molecule is O=C(CCC(=O)N1CCN(Cc2ncn[nH]2)CC1)c1ccc(F)cc1. The summed E-state index contributed by atoms with van der Waals surface area (Å²) in [5, 5.41) is 6.65. The summed E-state index contributed by atoms with van der Waals surface area (Å²) in [5.41, 5.74) is 0.436. The summed E-state index contributed by atoms with van der Waals surface area (Å²) in [6, 6.07) is 5.40. The van der Waals surface area contributed by atoms with E-state index in [0.29, 0.717) is 25.2 Å². The fraction of sp³-hybridized carbons (Fsp3) is 0.412. The second-order valence-corrected chi connectivity index (χ2v) is 6.02. The molecular weight excluding hydrogens is 325 g/mol. The molecule has 0 bridgehead atoms. The molecule has 1 aromatic heterocycles. The highest BCUT2D eigenvalue weighted by atomic mass is 19.1. The predicted molar refractivity (Wildman–Crippen MR) is 88.2 cm³/mol. The fourth-order valence-corrected chi connectivity index (χ4v) is 2.83. The number of halogens is 1. The Balaban J connectivity index is 1.42. The first-order valence-corrected chi connectivity index (χ1v) is 8.25. The molecule has 2 heterocycles. The minimum Gasteiger partial charge on any atom is -0.340 e. The van der Waals surface area contributed by atoms with Gasteiger partial charge in [0.1, 0.15) is 18.0 Å². The Hall–Kier alpha value is -2.61. The predicted octanol–water partition coefficient (Wildman–Crippen LogP) is 1.25. The number of Topliss-reactive ketones (excluding diaryl/α,β-unsaturated/α-hetero) is 1. The van der Waals surface area contributed by atoms with Crippen LogP contribution in [0.3, 0.4) is 0 Å². The van der Waals surface area contributed by atoms with Crippen molar-refractivity contribution in [3.05, 3.63) is 47.8 Å². The van der Waals surface area contributed by atoms with E-state index in [-0.39, 0.29) is 30.3 Å². The number of nitrogens with zero attached hydrogens (tertiary/aromatic N) is 4. The molecule has 1 saturated heterocycles. The fourth-order valence-electron chi connectivity index (χ4n) is 2.83. The molecule has 0 atom stereocenters. The maximum absolute atomic E-state index is 12.9. The van der Waals surface area contributed by atoms with Gasteiger partial charge in [-0.3, -0.25) is 19.6 Å². The number of rotatable bonds is 6. The van der Waals surface area contributed by atoms with Crippen molar-refractivity contribution in [1.82, 2.24) is 25.0 Å². The van der Waals surface area contributed by atoms with Crippen LogP contribution in [-0.4, -0.2) is 62.9 Å². The Morgan fingerprint density at radius 2 is 1.80 bits per heavy atom. The molecule has 1 aliphatic rings. The van der Waals surface area contributed by atoms with Crippen LogP contribution in [0.5, 0.6) is 0 Å². The molecule has 1 aliphatic heterocycles. The summed E-state index contributed by atoms with van der Waals surface area (Å²) in [7, 11) is 0. The van der Waals surface area contributed by atoms with Crippen LogP contribution < -0.4 is 0 Å². The molecule has 1 N–H and O–H groups in total. The largest absolute Gasteiger partial charge is 0.340 e. The minimum absolute atomic E-state index is 0.0187. The Bertz CT molecular complexity index is 709. The molecule has 25 heavy (non-hydrogen) atoms. The molecule has 7 nitrogen and oxygen atoms in total. The van der Waals surface area contributed by atoms with Crippen LogP contribution >= 0.6 is 0 Å². The number of aromatic nitrogens is 3. The van der Waals surface area contributed by atoms with E-state index in [9.17, 15) is 14.0 Å². The van der Waals surface area contributed by atoms with E-state index in [0.717, 1.165) is 18.9 Å². The molecule has 8 heteroatoms. The third-order valence-corrected chi connectivity index (χ3v) is 4.30. The normalized spacial score (nSPS) is 15.3. The summed E-state index contributed by atoms with van der Waals surface area (Å²) < 4.78 is 12.9. The number of carbonyl (C=O) groups excluding carboxylic acids is 2. The van der Waals surface area contributed by atoms with Crippen molar-refractivity contribution in [1.29, 1.82) is 0 Å². The Kier molecular flexibility index (Phi) is 5.49. The standard InChI is InChI=1S/C17H20FN5O2/c18-14-3-1-13(2-4-14)15(24)5-6-17(25)23-9-7-22(8-10-23)11-16-19-12-20-21-16/h1-4,12H,5-11H2,(H,19,20,21). The lowest BCUT2D eigenvalue weighted by atomic mass is 10.1. The number of aromatic amines is 1. The molecule has 1 amide bonds. The van der Waals surface area contributed by atoms with E-state index in [4.69, 9.17) is 0 Å². The molecule has 0 aliphatic carbocycles. The molecule has 3 rings (SSSR count). The number of carbonyl (C=O) groups is 2. The van der Waals surface area contributed by atoms with Crippen molar-refractivity contribution < 1.29 is 14.0 Å². The van der Waals surface area contributed by atoms with Crippen molar-refractivity contribution in [2.45, 2.75) is 19.4 Å². The monoisotopic (exact) mass is 345 g/mol. The number of hydrogen-bond donors (Lipinski definition) is 1. The second kappa shape index (κ2) is 7.98. The highest BCUT2D eigenvalue weighted by Crippen LogP contribution is 2.11. The number of nitrogens with one attached hydrogen (secondary N) is 1. The molecule has 1 fully saturated rings. The van der Waals surface area contributed by atoms with Gasteiger partial charge in [-0.2, -0.15) is 5.10 Å². The van der Waals surface area contributed by atoms with Gasteiger partial charge in [0.15, 0.2) is 5.78 Å². The van der Waals surface area contributed by atoms with Crippen molar-refractivity contribution in [2.24, 2.45) is 0 Å². The van der Waals surface area contributed by atoms with Gasteiger partial charge >= 0.3 is 0 Å². The quantitative estimate of drug-likeness (QED) is 0.797. The summed E-state index contributed by atoms with van der Waals surface area (Å²) in [5.74, 6) is 0.271. The van der Waals surface area contributed by atoms with Gasteiger partial charge in [-0.05, 0) is 24.3 Å². The van der Waals surface area contributed by atoms with Gasteiger partial charge in [-0.25, -0.2) is 9.37 Å². The van der Waals surface area contributed by atoms with E-state index in [1.807, 2.05) is 0 Å². The van der Waals surface area contributed by atoms with Gasteiger partial charge < -0.3 is 4.90 Å². The number of ketones is 1. The third-order valence-electron chi connectivity index (χ3n) is 4.30. The zero-order chi connectivity index (χ0) is 17.6.